The predicted octanol–water partition coefficient (Wildman–Crippen LogP) is 4.03. The molecular weight excluding hydrogens is 463 g/mol. The van der Waals surface area contributed by atoms with Crippen LogP contribution in [-0.4, -0.2) is 40.9 Å². The first-order valence-electron chi connectivity index (χ1n) is 8.33. The second-order valence-electron chi connectivity index (χ2n) is 5.58. The Kier molecular flexibility index (Phi) is 8.83. The van der Waals surface area contributed by atoms with Gasteiger partial charge in [-0.2, -0.15) is 0 Å². The number of hydrogen-bond donors (Lipinski definition) is 0. The molecule has 0 bridgehead atoms. The highest BCUT2D eigenvalue weighted by molar-refractivity contribution is 14.1. The Morgan fingerprint density at radius 3 is 2.19 bits per heavy atom. The van der Waals surface area contributed by atoms with Crippen molar-refractivity contribution in [3.8, 4) is 22.6 Å². The molecule has 0 amide bonds. The fourth-order valence-electron chi connectivity index (χ4n) is 2.61. The topological polar surface area (TPSA) is 63.2 Å². The zero-order chi connectivity index (χ0) is 19.6. The zero-order valence-corrected chi connectivity index (χ0v) is 17.8. The first kappa shape index (κ1) is 21.5. The van der Waals surface area contributed by atoms with Crippen molar-refractivity contribution in [1.82, 2.24) is 0 Å². The Bertz CT molecular complexity index is 748. The molecule has 0 unspecified atom stereocenters. The van der Waals surface area contributed by atoms with Crippen molar-refractivity contribution in [2.24, 2.45) is 0 Å². The zero-order valence-electron chi connectivity index (χ0n) is 15.6. The number of halogens is 1. The Morgan fingerprint density at radius 2 is 1.59 bits per heavy atom. The van der Waals surface area contributed by atoms with E-state index in [1.165, 1.54) is 7.11 Å². The second-order valence-corrected chi connectivity index (χ2v) is 6.66. The van der Waals surface area contributed by atoms with Gasteiger partial charge in [0.05, 0.1) is 10.7 Å². The highest BCUT2D eigenvalue weighted by atomic mass is 127. The first-order chi connectivity index (χ1) is 13.1. The predicted molar refractivity (Wildman–Crippen MR) is 110 cm³/mol. The summed E-state index contributed by atoms with van der Waals surface area (Å²) in [6.45, 7) is 0.210. The van der Waals surface area contributed by atoms with Gasteiger partial charge >= 0.3 is 5.97 Å². The van der Waals surface area contributed by atoms with Crippen LogP contribution in [0.2, 0.25) is 0 Å². The molecule has 2 aromatic rings. The lowest BCUT2D eigenvalue weighted by atomic mass is 9.95. The summed E-state index contributed by atoms with van der Waals surface area (Å²) < 4.78 is 27.3. The van der Waals surface area contributed by atoms with Crippen LogP contribution in [0.3, 0.4) is 0 Å². The monoisotopic (exact) mass is 486 g/mol. The van der Waals surface area contributed by atoms with Crippen LogP contribution in [0.25, 0.3) is 11.1 Å². The van der Waals surface area contributed by atoms with E-state index in [-0.39, 0.29) is 26.0 Å². The van der Waals surface area contributed by atoms with Gasteiger partial charge in [0.2, 0.25) is 0 Å². The Morgan fingerprint density at radius 1 is 0.963 bits per heavy atom. The van der Waals surface area contributed by atoms with Gasteiger partial charge in [-0.15, -0.1) is 0 Å². The molecule has 0 radical (unpaired) electrons. The van der Waals surface area contributed by atoms with Crippen LogP contribution in [-0.2, 0) is 25.4 Å². The van der Waals surface area contributed by atoms with Crippen LogP contribution < -0.4 is 9.47 Å². The Balaban J connectivity index is 2.59. The van der Waals surface area contributed by atoms with Crippen LogP contribution in [0, 0.1) is 3.57 Å². The summed E-state index contributed by atoms with van der Waals surface area (Å²) in [6.07, 6.45) is 0.743. The molecule has 6 nitrogen and oxygen atoms in total. The second kappa shape index (κ2) is 11.1. The maximum Gasteiger partial charge on any atom is 0.305 e. The average molecular weight is 486 g/mol. The van der Waals surface area contributed by atoms with Crippen LogP contribution in [0.4, 0.5) is 0 Å². The molecule has 0 aromatic heterocycles. The van der Waals surface area contributed by atoms with E-state index in [0.717, 1.165) is 20.3 Å². The molecule has 0 aliphatic rings. The third-order valence-electron chi connectivity index (χ3n) is 3.83. The minimum atomic E-state index is -0.271. The van der Waals surface area contributed by atoms with Crippen LogP contribution in [0.15, 0.2) is 36.4 Å². The van der Waals surface area contributed by atoms with E-state index in [0.29, 0.717) is 17.9 Å². The standard InChI is InChI=1S/C20H23IO6/c1-23-12-26-16-11-17(27-13-24-2)20(21)15(9-10-18(22)25-3)19(16)14-7-5-4-6-8-14/h4-8,11H,9-10,12-13H2,1-3H3. The van der Waals surface area contributed by atoms with Gasteiger partial charge in [0.1, 0.15) is 11.5 Å². The van der Waals surface area contributed by atoms with Gasteiger partial charge in [-0.3, -0.25) is 4.79 Å². The third kappa shape index (κ3) is 5.82. The molecule has 0 N–H and O–H groups in total. The highest BCUT2D eigenvalue weighted by Crippen LogP contribution is 2.42. The summed E-state index contributed by atoms with van der Waals surface area (Å²) in [4.78, 5) is 11.7. The minimum absolute atomic E-state index is 0.0978. The number of ether oxygens (including phenoxy) is 5. The van der Waals surface area contributed by atoms with Gasteiger partial charge in [-0.25, -0.2) is 0 Å². The number of benzene rings is 2. The first-order valence-corrected chi connectivity index (χ1v) is 9.41. The lowest BCUT2D eigenvalue weighted by Crippen LogP contribution is -2.09. The van der Waals surface area contributed by atoms with E-state index in [1.807, 2.05) is 36.4 Å². The average Bonchev–Trinajstić information content (AvgIpc) is 2.70. The summed E-state index contributed by atoms with van der Waals surface area (Å²) in [5.41, 5.74) is 2.84. The van der Waals surface area contributed by atoms with E-state index < -0.39 is 0 Å². The number of methoxy groups -OCH3 is 3. The maximum absolute atomic E-state index is 11.7. The van der Waals surface area contributed by atoms with E-state index in [1.54, 1.807) is 14.2 Å². The van der Waals surface area contributed by atoms with E-state index in [9.17, 15) is 4.79 Å². The molecule has 0 aliphatic heterocycles. The number of carbonyl (C=O) groups excluding carboxylic acids is 1. The molecule has 0 atom stereocenters. The Labute approximate surface area is 172 Å². The van der Waals surface area contributed by atoms with E-state index >= 15 is 0 Å². The van der Waals surface area contributed by atoms with Crippen molar-refractivity contribution < 1.29 is 28.5 Å². The van der Waals surface area contributed by atoms with Gasteiger partial charge in [0.15, 0.2) is 13.6 Å². The fourth-order valence-corrected chi connectivity index (χ4v) is 3.46. The number of hydrogen-bond acceptors (Lipinski definition) is 6. The molecule has 0 saturated carbocycles. The summed E-state index contributed by atoms with van der Waals surface area (Å²) >= 11 is 2.23. The van der Waals surface area contributed by atoms with Crippen LogP contribution in [0.1, 0.15) is 12.0 Å². The van der Waals surface area contributed by atoms with Crippen molar-refractivity contribution in [3.63, 3.8) is 0 Å². The summed E-state index contributed by atoms with van der Waals surface area (Å²) in [7, 11) is 4.51. The molecule has 0 fully saturated rings. The summed E-state index contributed by atoms with van der Waals surface area (Å²) in [5, 5.41) is 0. The molecule has 2 rings (SSSR count). The largest absolute Gasteiger partial charge is 0.469 e. The molecule has 0 spiro atoms. The highest BCUT2D eigenvalue weighted by Gasteiger charge is 2.21. The number of esters is 1. The summed E-state index contributed by atoms with van der Waals surface area (Å²) in [6, 6.07) is 11.7. The molecule has 0 aliphatic carbocycles. The quantitative estimate of drug-likeness (QED) is 0.287. The summed E-state index contributed by atoms with van der Waals surface area (Å²) in [5.74, 6) is 0.977. The third-order valence-corrected chi connectivity index (χ3v) is 5.01. The number of rotatable bonds is 10. The fraction of sp³-hybridized carbons (Fsp3) is 0.350. The molecular formula is C20H23IO6. The molecule has 7 heteroatoms. The van der Waals surface area contributed by atoms with Gasteiger partial charge in [0.25, 0.3) is 0 Å². The Hall–Kier alpha value is -1.84. The van der Waals surface area contributed by atoms with Gasteiger partial charge in [-0.05, 0) is 40.1 Å². The smallest absolute Gasteiger partial charge is 0.305 e. The van der Waals surface area contributed by atoms with Crippen molar-refractivity contribution >= 4 is 28.6 Å². The lowest BCUT2D eigenvalue weighted by molar-refractivity contribution is -0.140. The van der Waals surface area contributed by atoms with Gasteiger partial charge in [-0.1, -0.05) is 30.3 Å². The molecule has 146 valence electrons. The van der Waals surface area contributed by atoms with Crippen molar-refractivity contribution in [2.45, 2.75) is 12.8 Å². The van der Waals surface area contributed by atoms with Crippen molar-refractivity contribution in [2.75, 3.05) is 34.9 Å². The molecule has 0 heterocycles. The van der Waals surface area contributed by atoms with Crippen LogP contribution >= 0.6 is 22.6 Å². The molecule has 0 saturated heterocycles. The molecule has 2 aromatic carbocycles. The van der Waals surface area contributed by atoms with Crippen LogP contribution in [0.5, 0.6) is 11.5 Å². The van der Waals surface area contributed by atoms with Gasteiger partial charge < -0.3 is 23.7 Å². The van der Waals surface area contributed by atoms with E-state index in [4.69, 9.17) is 23.7 Å². The normalized spacial score (nSPS) is 10.5. The molecule has 27 heavy (non-hydrogen) atoms. The van der Waals surface area contributed by atoms with Gasteiger partial charge in [0, 0.05) is 32.3 Å². The maximum atomic E-state index is 11.7. The minimum Gasteiger partial charge on any atom is -0.469 e. The van der Waals surface area contributed by atoms with Crippen molar-refractivity contribution in [3.05, 3.63) is 45.5 Å². The number of carbonyl (C=O) groups is 1. The van der Waals surface area contributed by atoms with E-state index in [2.05, 4.69) is 22.6 Å². The lowest BCUT2D eigenvalue weighted by Gasteiger charge is -2.20. The van der Waals surface area contributed by atoms with Crippen molar-refractivity contribution in [1.29, 1.82) is 0 Å². The SMILES string of the molecule is COCOc1cc(OCOC)c(-c2ccccc2)c(CCC(=O)OC)c1I.